The van der Waals surface area contributed by atoms with Crippen molar-refractivity contribution in [2.24, 2.45) is 0 Å². The number of piperazine rings is 1. The summed E-state index contributed by atoms with van der Waals surface area (Å²) >= 11 is 7.00. The lowest BCUT2D eigenvalue weighted by Crippen LogP contribution is -2.49. The summed E-state index contributed by atoms with van der Waals surface area (Å²) in [6, 6.07) is 11.0. The molecule has 1 saturated heterocycles. The molecule has 1 aliphatic carbocycles. The van der Waals surface area contributed by atoms with Crippen molar-refractivity contribution in [2.75, 3.05) is 36.4 Å². The van der Waals surface area contributed by atoms with Crippen molar-refractivity contribution < 1.29 is 8.42 Å². The summed E-state index contributed by atoms with van der Waals surface area (Å²) < 4.78 is 28.0. The van der Waals surface area contributed by atoms with Crippen molar-refractivity contribution in [1.29, 1.82) is 5.26 Å². The van der Waals surface area contributed by atoms with Gasteiger partial charge in [0.1, 0.15) is 4.21 Å². The molecule has 11 heteroatoms. The number of sulfonamides is 1. The molecular formula is C20H19ClN6O2S2. The fourth-order valence-corrected chi connectivity index (χ4v) is 6.62. The molecule has 3 aromatic rings. The van der Waals surface area contributed by atoms with E-state index in [0.29, 0.717) is 59.3 Å². The fraction of sp³-hybridized carbons (Fsp3) is 0.350. The Balaban J connectivity index is 1.42. The lowest BCUT2D eigenvalue weighted by molar-refractivity contribution is 0.385. The van der Waals surface area contributed by atoms with Crippen LogP contribution in [0.4, 0.5) is 11.6 Å². The Morgan fingerprint density at radius 3 is 2.52 bits per heavy atom. The molecule has 1 saturated carbocycles. The molecule has 0 unspecified atom stereocenters. The third kappa shape index (κ3) is 4.06. The molecular weight excluding hydrogens is 456 g/mol. The predicted molar refractivity (Wildman–Crippen MR) is 121 cm³/mol. The quantitative estimate of drug-likeness (QED) is 0.605. The highest BCUT2D eigenvalue weighted by Crippen LogP contribution is 2.33. The standard InChI is InChI=1S/C20H19ClN6O2S2/c21-17-5-6-18(30-17)31(28,29)27-9-7-26(8-10-27)20-19(23-14-2-3-14)24-15-4-1-13(12-22)11-16(15)25-20/h1,4-6,11,14H,2-3,7-10H2,(H,23,24). The molecule has 2 aliphatic rings. The summed E-state index contributed by atoms with van der Waals surface area (Å²) in [5.74, 6) is 1.41. The van der Waals surface area contributed by atoms with E-state index in [1.54, 1.807) is 30.3 Å². The predicted octanol–water partition coefficient (Wildman–Crippen LogP) is 3.30. The van der Waals surface area contributed by atoms with Crippen LogP contribution in [0.25, 0.3) is 11.0 Å². The molecule has 5 rings (SSSR count). The van der Waals surface area contributed by atoms with Gasteiger partial charge in [0.2, 0.25) is 0 Å². The van der Waals surface area contributed by atoms with Gasteiger partial charge in [0.05, 0.1) is 27.0 Å². The Morgan fingerprint density at radius 2 is 1.87 bits per heavy atom. The first-order valence-corrected chi connectivity index (χ1v) is 12.6. The summed E-state index contributed by atoms with van der Waals surface area (Å²) in [6.45, 7) is 1.68. The molecule has 0 radical (unpaired) electrons. The number of benzene rings is 1. The molecule has 2 fully saturated rings. The van der Waals surface area contributed by atoms with E-state index in [1.807, 2.05) is 0 Å². The largest absolute Gasteiger partial charge is 0.364 e. The van der Waals surface area contributed by atoms with Gasteiger partial charge in [-0.15, -0.1) is 11.3 Å². The minimum absolute atomic E-state index is 0.261. The Bertz CT molecular complexity index is 1290. The molecule has 0 amide bonds. The number of thiophene rings is 1. The van der Waals surface area contributed by atoms with Crippen LogP contribution in [0.3, 0.4) is 0 Å². The molecule has 3 heterocycles. The second-order valence-electron chi connectivity index (χ2n) is 7.58. The summed E-state index contributed by atoms with van der Waals surface area (Å²) in [4.78, 5) is 11.6. The van der Waals surface area contributed by atoms with Crippen LogP contribution in [-0.2, 0) is 10.0 Å². The Labute approximate surface area is 189 Å². The van der Waals surface area contributed by atoms with E-state index in [0.717, 1.165) is 29.7 Å². The SMILES string of the molecule is N#Cc1ccc2nc(NC3CC3)c(N3CCN(S(=O)(=O)c4ccc(Cl)s4)CC3)nc2c1. The van der Waals surface area contributed by atoms with E-state index >= 15 is 0 Å². The maximum atomic E-state index is 12.9. The maximum Gasteiger partial charge on any atom is 0.252 e. The van der Waals surface area contributed by atoms with E-state index < -0.39 is 10.0 Å². The van der Waals surface area contributed by atoms with Crippen LogP contribution in [0, 0.1) is 11.3 Å². The number of hydrogen-bond donors (Lipinski definition) is 1. The van der Waals surface area contributed by atoms with Gasteiger partial charge >= 0.3 is 0 Å². The van der Waals surface area contributed by atoms with Crippen LogP contribution in [0.2, 0.25) is 4.34 Å². The lowest BCUT2D eigenvalue weighted by Gasteiger charge is -2.35. The van der Waals surface area contributed by atoms with E-state index in [1.165, 1.54) is 4.31 Å². The van der Waals surface area contributed by atoms with Gasteiger partial charge in [-0.1, -0.05) is 11.6 Å². The van der Waals surface area contributed by atoms with Gasteiger partial charge < -0.3 is 10.2 Å². The minimum atomic E-state index is -3.56. The first-order chi connectivity index (χ1) is 14.9. The molecule has 0 spiro atoms. The zero-order chi connectivity index (χ0) is 21.6. The first kappa shape index (κ1) is 20.5. The summed E-state index contributed by atoms with van der Waals surface area (Å²) in [5, 5.41) is 12.7. The number of anilines is 2. The second-order valence-corrected chi connectivity index (χ2v) is 11.5. The molecule has 31 heavy (non-hydrogen) atoms. The molecule has 1 aromatic carbocycles. The van der Waals surface area contributed by atoms with Gasteiger partial charge in [0.25, 0.3) is 10.0 Å². The van der Waals surface area contributed by atoms with Gasteiger partial charge in [0, 0.05) is 32.2 Å². The third-order valence-corrected chi connectivity index (χ3v) is 8.97. The summed E-state index contributed by atoms with van der Waals surface area (Å²) in [6.07, 6.45) is 2.20. The smallest absolute Gasteiger partial charge is 0.252 e. The van der Waals surface area contributed by atoms with Crippen molar-refractivity contribution in [2.45, 2.75) is 23.1 Å². The highest BCUT2D eigenvalue weighted by molar-refractivity contribution is 7.91. The second kappa shape index (κ2) is 7.91. The number of nitrogens with zero attached hydrogens (tertiary/aromatic N) is 5. The van der Waals surface area contributed by atoms with Crippen LogP contribution in [0.15, 0.2) is 34.5 Å². The molecule has 8 nitrogen and oxygen atoms in total. The van der Waals surface area contributed by atoms with Crippen LogP contribution in [0.1, 0.15) is 18.4 Å². The number of nitrogens with one attached hydrogen (secondary N) is 1. The van der Waals surface area contributed by atoms with Gasteiger partial charge in [-0.3, -0.25) is 0 Å². The van der Waals surface area contributed by atoms with Gasteiger partial charge in [-0.05, 0) is 43.2 Å². The third-order valence-electron chi connectivity index (χ3n) is 5.37. The minimum Gasteiger partial charge on any atom is -0.364 e. The Morgan fingerprint density at radius 1 is 1.10 bits per heavy atom. The molecule has 0 atom stereocenters. The van der Waals surface area contributed by atoms with Crippen LogP contribution in [-0.4, -0.2) is 54.9 Å². The number of fused-ring (bicyclic) bond motifs is 1. The average molecular weight is 475 g/mol. The van der Waals surface area contributed by atoms with E-state index in [9.17, 15) is 13.7 Å². The zero-order valence-corrected chi connectivity index (χ0v) is 18.8. The highest BCUT2D eigenvalue weighted by atomic mass is 35.5. The van der Waals surface area contributed by atoms with Gasteiger partial charge in [-0.2, -0.15) is 9.57 Å². The molecule has 160 valence electrons. The monoisotopic (exact) mass is 474 g/mol. The van der Waals surface area contributed by atoms with Crippen molar-refractivity contribution >= 4 is 55.6 Å². The number of nitriles is 1. The highest BCUT2D eigenvalue weighted by Gasteiger charge is 2.32. The van der Waals surface area contributed by atoms with Crippen molar-refractivity contribution in [3.8, 4) is 6.07 Å². The van der Waals surface area contributed by atoms with E-state index in [2.05, 4.69) is 16.3 Å². The lowest BCUT2D eigenvalue weighted by atomic mass is 10.2. The topological polar surface area (TPSA) is 102 Å². The molecule has 2 aromatic heterocycles. The van der Waals surface area contributed by atoms with Crippen LogP contribution < -0.4 is 10.2 Å². The number of halogens is 1. The number of hydrogen-bond acceptors (Lipinski definition) is 8. The van der Waals surface area contributed by atoms with Crippen molar-refractivity contribution in [3.05, 3.63) is 40.2 Å². The normalized spacial score (nSPS) is 17.6. The molecule has 0 bridgehead atoms. The number of rotatable bonds is 5. The summed E-state index contributed by atoms with van der Waals surface area (Å²) in [5.41, 5.74) is 1.90. The first-order valence-electron chi connectivity index (χ1n) is 9.93. The van der Waals surface area contributed by atoms with Crippen LogP contribution in [0.5, 0.6) is 0 Å². The Hall–Kier alpha value is -2.45. The molecule has 1 N–H and O–H groups in total. The average Bonchev–Trinajstić information content (AvgIpc) is 3.49. The maximum absolute atomic E-state index is 12.9. The summed E-state index contributed by atoms with van der Waals surface area (Å²) in [7, 11) is -3.56. The van der Waals surface area contributed by atoms with Crippen molar-refractivity contribution in [3.63, 3.8) is 0 Å². The van der Waals surface area contributed by atoms with Gasteiger partial charge in [0.15, 0.2) is 11.6 Å². The van der Waals surface area contributed by atoms with Gasteiger partial charge in [-0.25, -0.2) is 18.4 Å². The van der Waals surface area contributed by atoms with E-state index in [-0.39, 0.29) is 4.21 Å². The van der Waals surface area contributed by atoms with Crippen LogP contribution >= 0.6 is 22.9 Å². The zero-order valence-electron chi connectivity index (χ0n) is 16.5. The fourth-order valence-electron chi connectivity index (χ4n) is 3.56. The molecule has 1 aliphatic heterocycles. The Kier molecular flexibility index (Phi) is 5.22. The van der Waals surface area contributed by atoms with Crippen molar-refractivity contribution in [1.82, 2.24) is 14.3 Å². The number of aromatic nitrogens is 2. The van der Waals surface area contributed by atoms with E-state index in [4.69, 9.17) is 21.6 Å².